The maximum atomic E-state index is 11.4. The highest BCUT2D eigenvalue weighted by Crippen LogP contribution is 2.05. The lowest BCUT2D eigenvalue weighted by Crippen LogP contribution is -2.39. The summed E-state index contributed by atoms with van der Waals surface area (Å²) in [4.78, 5) is 11.4. The standard InChI is InChI=1S/C11H19NO2/c1-5-8-12-10(11(13)14-4)9(6-2)7-3/h6-7,10,12H,2,5,8H2,1,3-4H3. The lowest BCUT2D eigenvalue weighted by molar-refractivity contribution is -0.141. The summed E-state index contributed by atoms with van der Waals surface area (Å²) < 4.78 is 4.70. The minimum Gasteiger partial charge on any atom is -0.468 e. The quantitative estimate of drug-likeness (QED) is 0.520. The Morgan fingerprint density at radius 3 is 2.64 bits per heavy atom. The van der Waals surface area contributed by atoms with E-state index in [9.17, 15) is 4.79 Å². The van der Waals surface area contributed by atoms with E-state index in [0.717, 1.165) is 18.5 Å². The Labute approximate surface area is 85.8 Å². The number of carbonyl (C=O) groups excluding carboxylic acids is 1. The highest BCUT2D eigenvalue weighted by atomic mass is 16.5. The number of hydrogen-bond donors (Lipinski definition) is 1. The van der Waals surface area contributed by atoms with Gasteiger partial charge in [-0.25, -0.2) is 4.79 Å². The van der Waals surface area contributed by atoms with Crippen LogP contribution in [0.2, 0.25) is 0 Å². The molecule has 0 saturated carbocycles. The molecule has 0 fully saturated rings. The summed E-state index contributed by atoms with van der Waals surface area (Å²) in [5, 5.41) is 3.11. The van der Waals surface area contributed by atoms with Crippen LogP contribution in [-0.4, -0.2) is 25.7 Å². The molecule has 0 radical (unpaired) electrons. The molecule has 80 valence electrons. The van der Waals surface area contributed by atoms with Gasteiger partial charge in [0.25, 0.3) is 0 Å². The van der Waals surface area contributed by atoms with Crippen molar-refractivity contribution in [3.8, 4) is 0 Å². The summed E-state index contributed by atoms with van der Waals surface area (Å²) in [6.07, 6.45) is 4.50. The zero-order valence-electron chi connectivity index (χ0n) is 9.17. The Morgan fingerprint density at radius 2 is 2.29 bits per heavy atom. The fourth-order valence-electron chi connectivity index (χ4n) is 1.15. The first kappa shape index (κ1) is 12.9. The molecular formula is C11H19NO2. The van der Waals surface area contributed by atoms with Crippen molar-refractivity contribution >= 4 is 5.97 Å². The van der Waals surface area contributed by atoms with Crippen LogP contribution >= 0.6 is 0 Å². The topological polar surface area (TPSA) is 38.3 Å². The molecule has 0 saturated heterocycles. The van der Waals surface area contributed by atoms with Gasteiger partial charge in [-0.1, -0.05) is 25.7 Å². The third-order valence-corrected chi connectivity index (χ3v) is 1.94. The summed E-state index contributed by atoms with van der Waals surface area (Å²) in [5.41, 5.74) is 0.852. The SMILES string of the molecule is C=CC(=CC)C(NCCC)C(=O)OC. The first-order chi connectivity index (χ1) is 6.71. The van der Waals surface area contributed by atoms with Crippen molar-refractivity contribution < 1.29 is 9.53 Å². The number of rotatable bonds is 6. The normalized spacial score (nSPS) is 13.5. The minimum atomic E-state index is -0.387. The molecule has 0 aromatic heterocycles. The number of nitrogens with one attached hydrogen (secondary N) is 1. The van der Waals surface area contributed by atoms with Gasteiger partial charge < -0.3 is 10.1 Å². The van der Waals surface area contributed by atoms with Crippen molar-refractivity contribution in [1.29, 1.82) is 0 Å². The summed E-state index contributed by atoms with van der Waals surface area (Å²) in [6, 6.07) is -0.387. The number of esters is 1. The number of carbonyl (C=O) groups is 1. The van der Waals surface area contributed by atoms with Crippen LogP contribution in [-0.2, 0) is 9.53 Å². The largest absolute Gasteiger partial charge is 0.468 e. The average molecular weight is 197 g/mol. The molecule has 0 aliphatic carbocycles. The van der Waals surface area contributed by atoms with Gasteiger partial charge in [0.15, 0.2) is 0 Å². The molecule has 3 heteroatoms. The molecule has 0 bridgehead atoms. The zero-order valence-corrected chi connectivity index (χ0v) is 9.17. The predicted octanol–water partition coefficient (Wildman–Crippen LogP) is 1.66. The van der Waals surface area contributed by atoms with E-state index in [1.54, 1.807) is 6.08 Å². The molecule has 1 N–H and O–H groups in total. The predicted molar refractivity (Wildman–Crippen MR) is 58.1 cm³/mol. The third-order valence-electron chi connectivity index (χ3n) is 1.94. The summed E-state index contributed by atoms with van der Waals surface area (Å²) in [5.74, 6) is -0.272. The third kappa shape index (κ3) is 3.75. The summed E-state index contributed by atoms with van der Waals surface area (Å²) in [7, 11) is 1.39. The van der Waals surface area contributed by atoms with Gasteiger partial charge in [-0.05, 0) is 25.5 Å². The lowest BCUT2D eigenvalue weighted by Gasteiger charge is -2.16. The van der Waals surface area contributed by atoms with Crippen LogP contribution in [0.25, 0.3) is 0 Å². The van der Waals surface area contributed by atoms with E-state index in [1.807, 2.05) is 19.9 Å². The maximum absolute atomic E-state index is 11.4. The molecule has 0 spiro atoms. The molecule has 1 atom stereocenters. The lowest BCUT2D eigenvalue weighted by atomic mass is 10.1. The highest BCUT2D eigenvalue weighted by Gasteiger charge is 2.19. The molecule has 1 unspecified atom stereocenters. The smallest absolute Gasteiger partial charge is 0.327 e. The molecule has 0 heterocycles. The molecule has 0 aliphatic rings. The fraction of sp³-hybridized carbons (Fsp3) is 0.545. The summed E-state index contributed by atoms with van der Waals surface area (Å²) in [6.45, 7) is 8.37. The number of hydrogen-bond acceptors (Lipinski definition) is 3. The second kappa shape index (κ2) is 7.33. The van der Waals surface area contributed by atoms with E-state index in [1.165, 1.54) is 7.11 Å². The van der Waals surface area contributed by atoms with E-state index in [4.69, 9.17) is 4.74 Å². The van der Waals surface area contributed by atoms with E-state index in [2.05, 4.69) is 11.9 Å². The molecule has 0 amide bonds. The van der Waals surface area contributed by atoms with Gasteiger partial charge in [0.05, 0.1) is 7.11 Å². The van der Waals surface area contributed by atoms with Crippen molar-refractivity contribution in [2.75, 3.05) is 13.7 Å². The van der Waals surface area contributed by atoms with Crippen molar-refractivity contribution in [1.82, 2.24) is 5.32 Å². The fourth-order valence-corrected chi connectivity index (χ4v) is 1.15. The highest BCUT2D eigenvalue weighted by molar-refractivity contribution is 5.80. The van der Waals surface area contributed by atoms with Gasteiger partial charge in [-0.15, -0.1) is 0 Å². The Balaban J connectivity index is 4.52. The van der Waals surface area contributed by atoms with Gasteiger partial charge >= 0.3 is 5.97 Å². The van der Waals surface area contributed by atoms with Gasteiger partial charge in [0.1, 0.15) is 6.04 Å². The Hall–Kier alpha value is -1.09. The van der Waals surface area contributed by atoms with Crippen LogP contribution in [0.3, 0.4) is 0 Å². The second-order valence-corrected chi connectivity index (χ2v) is 2.90. The first-order valence-corrected chi connectivity index (χ1v) is 4.81. The van der Waals surface area contributed by atoms with Gasteiger partial charge in [0, 0.05) is 0 Å². The van der Waals surface area contributed by atoms with Crippen LogP contribution in [0.4, 0.5) is 0 Å². The van der Waals surface area contributed by atoms with Crippen molar-refractivity contribution in [3.05, 3.63) is 24.3 Å². The maximum Gasteiger partial charge on any atom is 0.327 e. The first-order valence-electron chi connectivity index (χ1n) is 4.81. The van der Waals surface area contributed by atoms with E-state index in [-0.39, 0.29) is 12.0 Å². The van der Waals surface area contributed by atoms with Gasteiger partial charge in [-0.2, -0.15) is 0 Å². The number of allylic oxidation sites excluding steroid dienone is 1. The van der Waals surface area contributed by atoms with E-state index >= 15 is 0 Å². The van der Waals surface area contributed by atoms with E-state index in [0.29, 0.717) is 0 Å². The van der Waals surface area contributed by atoms with Crippen molar-refractivity contribution in [3.63, 3.8) is 0 Å². The summed E-state index contributed by atoms with van der Waals surface area (Å²) >= 11 is 0. The molecule has 0 rings (SSSR count). The van der Waals surface area contributed by atoms with Gasteiger partial charge in [0.2, 0.25) is 0 Å². The second-order valence-electron chi connectivity index (χ2n) is 2.90. The molecule has 0 aromatic carbocycles. The van der Waals surface area contributed by atoms with Crippen LogP contribution in [0.1, 0.15) is 20.3 Å². The molecule has 14 heavy (non-hydrogen) atoms. The molecule has 3 nitrogen and oxygen atoms in total. The average Bonchev–Trinajstić information content (AvgIpc) is 2.23. The molecular weight excluding hydrogens is 178 g/mol. The zero-order chi connectivity index (χ0) is 11.0. The Morgan fingerprint density at radius 1 is 1.64 bits per heavy atom. The molecule has 0 aromatic rings. The van der Waals surface area contributed by atoms with Crippen molar-refractivity contribution in [2.24, 2.45) is 0 Å². The van der Waals surface area contributed by atoms with E-state index < -0.39 is 0 Å². The van der Waals surface area contributed by atoms with Crippen molar-refractivity contribution in [2.45, 2.75) is 26.3 Å². The van der Waals surface area contributed by atoms with Crippen LogP contribution in [0.5, 0.6) is 0 Å². The molecule has 0 aliphatic heterocycles. The van der Waals surface area contributed by atoms with Crippen LogP contribution in [0, 0.1) is 0 Å². The Kier molecular flexibility index (Phi) is 6.76. The Bertz CT molecular complexity index is 221. The monoisotopic (exact) mass is 197 g/mol. The number of methoxy groups -OCH3 is 1. The van der Waals surface area contributed by atoms with Gasteiger partial charge in [-0.3, -0.25) is 0 Å². The number of ether oxygens (including phenoxy) is 1. The van der Waals surface area contributed by atoms with Crippen LogP contribution < -0.4 is 5.32 Å². The minimum absolute atomic E-state index is 0.272. The van der Waals surface area contributed by atoms with Crippen LogP contribution in [0.15, 0.2) is 24.3 Å².